The zero-order valence-electron chi connectivity index (χ0n) is 13.6. The van der Waals surface area contributed by atoms with Crippen molar-refractivity contribution in [2.75, 3.05) is 0 Å². The van der Waals surface area contributed by atoms with Gasteiger partial charge < -0.3 is 25.9 Å². The largest absolute Gasteiger partial charge is 0.415 e. The van der Waals surface area contributed by atoms with Crippen LogP contribution in [0.1, 0.15) is 25.7 Å². The van der Waals surface area contributed by atoms with E-state index >= 15 is 0 Å². The lowest BCUT2D eigenvalue weighted by molar-refractivity contribution is -0.109. The summed E-state index contributed by atoms with van der Waals surface area (Å²) < 4.78 is 36.0. The second-order valence-corrected chi connectivity index (χ2v) is 15.8. The minimum absolute atomic E-state index is 0.174. The van der Waals surface area contributed by atoms with Gasteiger partial charge in [0.1, 0.15) is 0 Å². The van der Waals surface area contributed by atoms with Crippen molar-refractivity contribution in [2.45, 2.75) is 69.5 Å². The van der Waals surface area contributed by atoms with E-state index in [-0.39, 0.29) is 11.6 Å². The van der Waals surface area contributed by atoms with Gasteiger partial charge in [-0.15, -0.1) is 0 Å². The van der Waals surface area contributed by atoms with Crippen LogP contribution in [-0.4, -0.2) is 48.0 Å². The first-order valence-corrected chi connectivity index (χ1v) is 16.0. The van der Waals surface area contributed by atoms with Crippen molar-refractivity contribution in [1.82, 2.24) is 0 Å². The monoisotopic (exact) mass is 375 g/mol. The van der Waals surface area contributed by atoms with E-state index in [1.165, 1.54) is 12.8 Å². The van der Waals surface area contributed by atoms with Gasteiger partial charge in [0, 0.05) is 12.3 Å². The molecule has 22 heavy (non-hydrogen) atoms. The van der Waals surface area contributed by atoms with Crippen LogP contribution in [0.5, 0.6) is 0 Å². The lowest BCUT2D eigenvalue weighted by Gasteiger charge is -2.36. The Morgan fingerprint density at radius 2 is 1.68 bits per heavy atom. The van der Waals surface area contributed by atoms with Gasteiger partial charge in [0.15, 0.2) is 0 Å². The Morgan fingerprint density at radius 1 is 1.05 bits per heavy atom. The molecule has 4 aliphatic rings. The van der Waals surface area contributed by atoms with Crippen molar-refractivity contribution < 1.29 is 25.9 Å². The molecule has 0 N–H and O–H groups in total. The predicted molar refractivity (Wildman–Crippen MR) is 85.2 cm³/mol. The summed E-state index contributed by atoms with van der Waals surface area (Å²) in [7, 11) is -6.02. The standard InChI is InChI=1S/C12H23O6Si4/c1-19-15-20(2)17-22(4,18-21(3)16-19)9-7-10-6-5-8-11-12(10,13-11)14-11/h10H,5-9H2,1-4H3. The molecule has 0 amide bonds. The van der Waals surface area contributed by atoms with E-state index in [1.54, 1.807) is 0 Å². The van der Waals surface area contributed by atoms with Gasteiger partial charge in [0.2, 0.25) is 11.6 Å². The van der Waals surface area contributed by atoms with Gasteiger partial charge in [0.05, 0.1) is 0 Å². The van der Waals surface area contributed by atoms with E-state index < -0.39 is 36.4 Å². The van der Waals surface area contributed by atoms with Crippen molar-refractivity contribution in [1.29, 1.82) is 0 Å². The minimum atomic E-state index is -2.24. The van der Waals surface area contributed by atoms with Crippen LogP contribution in [0, 0.1) is 5.92 Å². The van der Waals surface area contributed by atoms with E-state index in [1.807, 2.05) is 19.6 Å². The number of hydrogen-bond donors (Lipinski definition) is 0. The van der Waals surface area contributed by atoms with Crippen molar-refractivity contribution in [3.63, 3.8) is 0 Å². The summed E-state index contributed by atoms with van der Waals surface area (Å²) in [4.78, 5) is 0. The minimum Gasteiger partial charge on any atom is -0.415 e. The summed E-state index contributed by atoms with van der Waals surface area (Å²) in [6.07, 6.45) is 4.51. The molecule has 4 rings (SSSR count). The lowest BCUT2D eigenvalue weighted by atomic mass is 9.87. The fraction of sp³-hybridized carbons (Fsp3) is 1.00. The molecule has 0 aromatic heterocycles. The van der Waals surface area contributed by atoms with E-state index in [2.05, 4.69) is 6.55 Å². The highest BCUT2D eigenvalue weighted by Gasteiger charge is 2.93. The van der Waals surface area contributed by atoms with Gasteiger partial charge in [-0.1, -0.05) is 0 Å². The van der Waals surface area contributed by atoms with Crippen LogP contribution in [-0.2, 0) is 25.9 Å². The summed E-state index contributed by atoms with van der Waals surface area (Å²) in [5.74, 6) is 0.104. The first-order chi connectivity index (χ1) is 10.4. The number of rotatable bonds is 3. The fourth-order valence-corrected chi connectivity index (χ4v) is 15.9. The maximum atomic E-state index is 6.29. The summed E-state index contributed by atoms with van der Waals surface area (Å²) >= 11 is 0. The summed E-state index contributed by atoms with van der Waals surface area (Å²) in [6.45, 7) is 8.26. The highest BCUT2D eigenvalue weighted by atomic mass is 28.5. The van der Waals surface area contributed by atoms with Gasteiger partial charge >= 0.3 is 36.4 Å². The third-order valence-corrected chi connectivity index (χ3v) is 16.5. The van der Waals surface area contributed by atoms with E-state index in [4.69, 9.17) is 25.9 Å². The molecule has 0 aromatic rings. The smallest absolute Gasteiger partial charge is 0.362 e. The molecule has 0 spiro atoms. The summed E-state index contributed by atoms with van der Waals surface area (Å²) in [6, 6.07) is 0.963. The van der Waals surface area contributed by atoms with Crippen LogP contribution in [0.4, 0.5) is 0 Å². The average Bonchev–Trinajstić information content (AvgIpc) is 3.20. The third-order valence-electron chi connectivity index (χ3n) is 4.92. The highest BCUT2D eigenvalue weighted by Crippen LogP contribution is 2.76. The van der Waals surface area contributed by atoms with Crippen LogP contribution in [0.2, 0.25) is 32.2 Å². The molecule has 4 fully saturated rings. The first-order valence-electron chi connectivity index (χ1n) is 8.01. The second kappa shape index (κ2) is 5.31. The van der Waals surface area contributed by atoms with Gasteiger partial charge in [-0.2, -0.15) is 0 Å². The van der Waals surface area contributed by atoms with Crippen LogP contribution >= 0.6 is 0 Å². The molecule has 6 nitrogen and oxygen atoms in total. The Hall–Kier alpha value is 0.628. The molecule has 3 aliphatic heterocycles. The number of hydrogen-bond acceptors (Lipinski definition) is 6. The SMILES string of the molecule is C[Si]1O[Si](C)O[Si](C)(CCC2CCCC34OC23O4)O[Si](C)O1. The van der Waals surface area contributed by atoms with Gasteiger partial charge in [-0.25, -0.2) is 0 Å². The molecule has 1 atom stereocenters. The first kappa shape index (κ1) is 16.1. The van der Waals surface area contributed by atoms with E-state index in [9.17, 15) is 0 Å². The Bertz CT molecular complexity index is 445. The van der Waals surface area contributed by atoms with Gasteiger partial charge in [-0.05, 0) is 51.5 Å². The number of epoxide rings is 2. The molecule has 123 valence electrons. The third kappa shape index (κ3) is 2.66. The predicted octanol–water partition coefficient (Wildman–Crippen LogP) is 2.14. The number of ether oxygens (including phenoxy) is 2. The molecule has 3 heterocycles. The zero-order chi connectivity index (χ0) is 15.6. The van der Waals surface area contributed by atoms with Crippen molar-refractivity contribution in [3.05, 3.63) is 0 Å². The zero-order valence-corrected chi connectivity index (χ0v) is 17.6. The Labute approximate surface area is 138 Å². The van der Waals surface area contributed by atoms with Crippen molar-refractivity contribution in [2.24, 2.45) is 5.92 Å². The Balaban J connectivity index is 1.37. The molecule has 1 saturated carbocycles. The summed E-state index contributed by atoms with van der Waals surface area (Å²) in [5, 5.41) is 0. The molecule has 10 heteroatoms. The lowest BCUT2D eigenvalue weighted by Crippen LogP contribution is -2.53. The van der Waals surface area contributed by atoms with Crippen LogP contribution in [0.15, 0.2) is 0 Å². The Morgan fingerprint density at radius 3 is 2.32 bits per heavy atom. The van der Waals surface area contributed by atoms with E-state index in [0.717, 1.165) is 18.9 Å². The fourth-order valence-electron chi connectivity index (χ4n) is 3.94. The van der Waals surface area contributed by atoms with Crippen LogP contribution in [0.25, 0.3) is 0 Å². The van der Waals surface area contributed by atoms with Crippen molar-refractivity contribution in [3.8, 4) is 0 Å². The molecular weight excluding hydrogens is 352 g/mol. The molecule has 0 aromatic carbocycles. The average molecular weight is 376 g/mol. The normalized spacial score (nSPS) is 45.5. The van der Waals surface area contributed by atoms with Crippen LogP contribution in [0.3, 0.4) is 0 Å². The topological polar surface area (TPSA) is 62.0 Å². The summed E-state index contributed by atoms with van der Waals surface area (Å²) in [5.41, 5.74) is 0. The van der Waals surface area contributed by atoms with Crippen LogP contribution < -0.4 is 0 Å². The maximum absolute atomic E-state index is 6.29. The molecule has 1 aliphatic carbocycles. The van der Waals surface area contributed by atoms with Gasteiger partial charge in [0.25, 0.3) is 0 Å². The van der Waals surface area contributed by atoms with Crippen molar-refractivity contribution >= 4 is 36.4 Å². The molecule has 3 radical (unpaired) electrons. The second-order valence-electron chi connectivity index (χ2n) is 6.77. The van der Waals surface area contributed by atoms with Gasteiger partial charge in [-0.3, -0.25) is 0 Å². The van der Waals surface area contributed by atoms with E-state index in [0.29, 0.717) is 5.92 Å². The highest BCUT2D eigenvalue weighted by molar-refractivity contribution is 6.81. The molecule has 1 unspecified atom stereocenters. The molecular formula is C12H23O6Si4. The molecule has 0 bridgehead atoms. The maximum Gasteiger partial charge on any atom is 0.362 e. The Kier molecular flexibility index (Phi) is 3.89. The quantitative estimate of drug-likeness (QED) is 0.556. The molecule has 3 saturated heterocycles.